The molecule has 0 N–H and O–H groups in total. The normalized spacial score (nSPS) is 13.2. The average Bonchev–Trinajstić information content (AvgIpc) is 2.58. The molecule has 2 aromatic rings. The van der Waals surface area contributed by atoms with Crippen LogP contribution in [0.25, 0.3) is 0 Å². The maximum absolute atomic E-state index is 9.07. The summed E-state index contributed by atoms with van der Waals surface area (Å²) in [7, 11) is 0. The molecule has 0 bridgehead atoms. The summed E-state index contributed by atoms with van der Waals surface area (Å²) in [5.41, 5.74) is 4.99. The first kappa shape index (κ1) is 10.9. The summed E-state index contributed by atoms with van der Waals surface area (Å²) < 4.78 is 0. The van der Waals surface area contributed by atoms with Crippen molar-refractivity contribution >= 4 is 11.4 Å². The van der Waals surface area contributed by atoms with E-state index in [2.05, 4.69) is 47.4 Å². The van der Waals surface area contributed by atoms with Crippen LogP contribution in [-0.2, 0) is 12.8 Å². The maximum Gasteiger partial charge on any atom is 0.110 e. The van der Waals surface area contributed by atoms with Crippen LogP contribution in [0.2, 0.25) is 0 Å². The van der Waals surface area contributed by atoms with Crippen LogP contribution in [0.3, 0.4) is 0 Å². The Bertz CT molecular complexity index is 563. The minimum Gasteiger partial charge on any atom is -0.327 e. The van der Waals surface area contributed by atoms with Gasteiger partial charge in [0.2, 0.25) is 0 Å². The number of nitrogens with zero attached hydrogens (tertiary/aromatic N) is 2. The van der Waals surface area contributed by atoms with Gasteiger partial charge >= 0.3 is 0 Å². The van der Waals surface area contributed by atoms with Crippen molar-refractivity contribution in [2.75, 3.05) is 11.4 Å². The minimum atomic E-state index is 0.397. The molecule has 1 heterocycles. The SMILES string of the molecule is N#CCN1c2ccccc2CCc2ccccc21. The van der Waals surface area contributed by atoms with E-state index in [-0.39, 0.29) is 0 Å². The maximum atomic E-state index is 9.07. The molecule has 0 fully saturated rings. The van der Waals surface area contributed by atoms with Gasteiger partial charge in [-0.05, 0) is 36.1 Å². The number of fused-ring (bicyclic) bond motifs is 2. The largest absolute Gasteiger partial charge is 0.327 e. The number of anilines is 2. The first-order valence-corrected chi connectivity index (χ1v) is 6.20. The molecule has 18 heavy (non-hydrogen) atoms. The molecule has 88 valence electrons. The molecular weight excluding hydrogens is 220 g/mol. The highest BCUT2D eigenvalue weighted by atomic mass is 15.1. The molecule has 0 amide bonds. The Morgan fingerprint density at radius 2 is 1.39 bits per heavy atom. The second kappa shape index (κ2) is 4.54. The summed E-state index contributed by atoms with van der Waals surface area (Å²) in [4.78, 5) is 2.12. The monoisotopic (exact) mass is 234 g/mol. The third-order valence-electron chi connectivity index (χ3n) is 3.46. The van der Waals surface area contributed by atoms with Crippen LogP contribution in [0.4, 0.5) is 11.4 Å². The molecule has 1 aliphatic rings. The van der Waals surface area contributed by atoms with Crippen molar-refractivity contribution in [3.8, 4) is 6.07 Å². The fourth-order valence-electron chi connectivity index (χ4n) is 2.61. The lowest BCUT2D eigenvalue weighted by Crippen LogP contribution is -2.18. The van der Waals surface area contributed by atoms with Crippen LogP contribution in [0, 0.1) is 11.3 Å². The summed E-state index contributed by atoms with van der Waals surface area (Å²) >= 11 is 0. The Labute approximate surface area is 107 Å². The van der Waals surface area contributed by atoms with E-state index < -0.39 is 0 Å². The lowest BCUT2D eigenvalue weighted by molar-refractivity contribution is 0.977. The Balaban J connectivity index is 2.18. The van der Waals surface area contributed by atoms with Gasteiger partial charge in [-0.1, -0.05) is 36.4 Å². The predicted molar refractivity (Wildman–Crippen MR) is 72.9 cm³/mol. The number of nitriles is 1. The topological polar surface area (TPSA) is 27.0 Å². The van der Waals surface area contributed by atoms with Crippen molar-refractivity contribution in [3.05, 3.63) is 59.7 Å². The summed E-state index contributed by atoms with van der Waals surface area (Å²) in [5.74, 6) is 0. The third kappa shape index (κ3) is 1.74. The Hall–Kier alpha value is -2.27. The highest BCUT2D eigenvalue weighted by molar-refractivity contribution is 5.71. The number of hydrogen-bond acceptors (Lipinski definition) is 2. The second-order valence-corrected chi connectivity index (χ2v) is 4.50. The van der Waals surface area contributed by atoms with Gasteiger partial charge in [0, 0.05) is 11.4 Å². The molecule has 3 rings (SSSR count). The zero-order valence-corrected chi connectivity index (χ0v) is 10.1. The van der Waals surface area contributed by atoms with Crippen LogP contribution < -0.4 is 4.90 Å². The lowest BCUT2D eigenvalue weighted by atomic mass is 10.0. The van der Waals surface area contributed by atoms with Gasteiger partial charge in [0.05, 0.1) is 6.07 Å². The first-order valence-electron chi connectivity index (χ1n) is 6.20. The summed E-state index contributed by atoms with van der Waals surface area (Å²) in [5, 5.41) is 9.07. The summed E-state index contributed by atoms with van der Waals surface area (Å²) in [6, 6.07) is 19.0. The van der Waals surface area contributed by atoms with Crippen LogP contribution in [0.5, 0.6) is 0 Å². The zero-order valence-electron chi connectivity index (χ0n) is 10.1. The molecule has 0 aliphatic carbocycles. The van der Waals surface area contributed by atoms with Crippen molar-refractivity contribution in [1.82, 2.24) is 0 Å². The van der Waals surface area contributed by atoms with E-state index in [1.165, 1.54) is 22.5 Å². The van der Waals surface area contributed by atoms with E-state index in [0.29, 0.717) is 6.54 Å². The van der Waals surface area contributed by atoms with Gasteiger partial charge in [-0.15, -0.1) is 0 Å². The summed E-state index contributed by atoms with van der Waals surface area (Å²) in [6.45, 7) is 0.397. The van der Waals surface area contributed by atoms with Crippen molar-refractivity contribution in [3.63, 3.8) is 0 Å². The fourth-order valence-corrected chi connectivity index (χ4v) is 2.61. The molecule has 0 atom stereocenters. The van der Waals surface area contributed by atoms with Gasteiger partial charge in [-0.2, -0.15) is 5.26 Å². The number of para-hydroxylation sites is 2. The molecular formula is C16H14N2. The van der Waals surface area contributed by atoms with Crippen LogP contribution in [-0.4, -0.2) is 6.54 Å². The Kier molecular flexibility index (Phi) is 2.74. The van der Waals surface area contributed by atoms with Crippen LogP contribution in [0.15, 0.2) is 48.5 Å². The van der Waals surface area contributed by atoms with Crippen molar-refractivity contribution in [2.24, 2.45) is 0 Å². The molecule has 0 radical (unpaired) electrons. The average molecular weight is 234 g/mol. The van der Waals surface area contributed by atoms with E-state index in [9.17, 15) is 0 Å². The van der Waals surface area contributed by atoms with Gasteiger partial charge in [-0.25, -0.2) is 0 Å². The van der Waals surface area contributed by atoms with Gasteiger partial charge in [-0.3, -0.25) is 0 Å². The molecule has 2 heteroatoms. The highest BCUT2D eigenvalue weighted by Crippen LogP contribution is 2.35. The van der Waals surface area contributed by atoms with Crippen molar-refractivity contribution in [2.45, 2.75) is 12.8 Å². The van der Waals surface area contributed by atoms with Crippen molar-refractivity contribution < 1.29 is 0 Å². The zero-order chi connectivity index (χ0) is 12.4. The van der Waals surface area contributed by atoms with Gasteiger partial charge in [0.15, 0.2) is 0 Å². The van der Waals surface area contributed by atoms with E-state index >= 15 is 0 Å². The summed E-state index contributed by atoms with van der Waals surface area (Å²) in [6.07, 6.45) is 2.07. The predicted octanol–water partition coefficient (Wildman–Crippen LogP) is 3.45. The minimum absolute atomic E-state index is 0.397. The van der Waals surface area contributed by atoms with E-state index in [4.69, 9.17) is 5.26 Å². The first-order chi connectivity index (χ1) is 8.90. The third-order valence-corrected chi connectivity index (χ3v) is 3.46. The Morgan fingerprint density at radius 1 is 0.889 bits per heavy atom. The molecule has 0 unspecified atom stereocenters. The molecule has 0 saturated heterocycles. The molecule has 1 aliphatic heterocycles. The Morgan fingerprint density at radius 3 is 1.89 bits per heavy atom. The molecule has 2 aromatic carbocycles. The van der Waals surface area contributed by atoms with Crippen molar-refractivity contribution in [1.29, 1.82) is 5.26 Å². The number of aryl methyl sites for hydroxylation is 2. The molecule has 0 saturated carbocycles. The highest BCUT2D eigenvalue weighted by Gasteiger charge is 2.19. The number of hydrogen-bond donors (Lipinski definition) is 0. The van der Waals surface area contributed by atoms with E-state index in [1.807, 2.05) is 12.1 Å². The molecule has 0 aromatic heterocycles. The quantitative estimate of drug-likeness (QED) is 0.707. The van der Waals surface area contributed by atoms with Crippen LogP contribution >= 0.6 is 0 Å². The van der Waals surface area contributed by atoms with Crippen LogP contribution in [0.1, 0.15) is 11.1 Å². The van der Waals surface area contributed by atoms with E-state index in [0.717, 1.165) is 12.8 Å². The standard InChI is InChI=1S/C16H14N2/c17-11-12-18-15-7-3-1-5-13(15)9-10-14-6-2-4-8-16(14)18/h1-8H,9-10,12H2. The fraction of sp³-hybridized carbons (Fsp3) is 0.188. The second-order valence-electron chi connectivity index (χ2n) is 4.50. The van der Waals surface area contributed by atoms with Gasteiger partial charge in [0.25, 0.3) is 0 Å². The van der Waals surface area contributed by atoms with Gasteiger partial charge in [0.1, 0.15) is 6.54 Å². The molecule has 2 nitrogen and oxygen atoms in total. The van der Waals surface area contributed by atoms with Gasteiger partial charge < -0.3 is 4.90 Å². The van der Waals surface area contributed by atoms with E-state index in [1.54, 1.807) is 0 Å². The molecule has 0 spiro atoms. The number of rotatable bonds is 1. The lowest BCUT2D eigenvalue weighted by Gasteiger charge is -2.23. The number of benzene rings is 2. The smallest absolute Gasteiger partial charge is 0.110 e.